The van der Waals surface area contributed by atoms with E-state index in [0.717, 1.165) is 19.3 Å². The maximum Gasteiger partial charge on any atom is 0.240 e. The number of unbranched alkanes of at least 4 members (excludes halogenated alkanes) is 2. The van der Waals surface area contributed by atoms with E-state index in [1.807, 2.05) is 0 Å². The highest BCUT2D eigenvalue weighted by Crippen LogP contribution is 2.04. The van der Waals surface area contributed by atoms with Crippen molar-refractivity contribution in [3.05, 3.63) is 0 Å². The molecule has 0 aromatic carbocycles. The summed E-state index contributed by atoms with van der Waals surface area (Å²) in [6, 6.07) is 0. The molecule has 1 atom stereocenters. The van der Waals surface area contributed by atoms with Crippen LogP contribution in [0.1, 0.15) is 26.2 Å². The summed E-state index contributed by atoms with van der Waals surface area (Å²) < 4.78 is 11.5. The Morgan fingerprint density at radius 2 is 2.31 bits per heavy atom. The summed E-state index contributed by atoms with van der Waals surface area (Å²) in [5.74, 6) is 0.779. The lowest BCUT2D eigenvalue weighted by atomic mass is 10.3. The van der Waals surface area contributed by atoms with E-state index < -0.39 is 10.8 Å². The Balaban J connectivity index is 2.40. The monoisotopic (exact) mass is 202 g/mol. The first-order chi connectivity index (χ1) is 6.24. The minimum absolute atomic E-state index is 0.152. The number of nitrogens with two attached hydrogens (primary N) is 1. The predicted molar refractivity (Wildman–Crippen MR) is 51.6 cm³/mol. The molecular formula is C7H14N4OS. The van der Waals surface area contributed by atoms with Gasteiger partial charge in [-0.1, -0.05) is 19.8 Å². The van der Waals surface area contributed by atoms with Gasteiger partial charge >= 0.3 is 0 Å². The van der Waals surface area contributed by atoms with Gasteiger partial charge in [0.05, 0.1) is 10.8 Å². The molecule has 5 nitrogen and oxygen atoms in total. The molecule has 0 saturated carbocycles. The summed E-state index contributed by atoms with van der Waals surface area (Å²) in [6.07, 6.45) is 3.16. The molecule has 1 aromatic heterocycles. The van der Waals surface area contributed by atoms with Gasteiger partial charge in [0, 0.05) is 5.75 Å². The van der Waals surface area contributed by atoms with Crippen LogP contribution in [0, 0.1) is 0 Å². The number of aromatic nitrogens is 3. The van der Waals surface area contributed by atoms with Crippen LogP contribution in [0.15, 0.2) is 5.16 Å². The molecule has 1 rings (SSSR count). The molecule has 0 fully saturated rings. The normalized spacial score (nSPS) is 13.0. The number of nitrogens with zero attached hydrogens (tertiary/aromatic N) is 2. The van der Waals surface area contributed by atoms with E-state index in [9.17, 15) is 4.21 Å². The van der Waals surface area contributed by atoms with Crippen molar-refractivity contribution in [2.75, 3.05) is 11.5 Å². The third-order valence-corrected chi connectivity index (χ3v) is 2.90. The zero-order valence-corrected chi connectivity index (χ0v) is 8.43. The number of hydrogen-bond donors (Lipinski definition) is 2. The van der Waals surface area contributed by atoms with Crippen LogP contribution >= 0.6 is 0 Å². The van der Waals surface area contributed by atoms with Crippen molar-refractivity contribution < 1.29 is 4.21 Å². The van der Waals surface area contributed by atoms with Crippen LogP contribution in [-0.2, 0) is 10.8 Å². The maximum absolute atomic E-state index is 11.5. The van der Waals surface area contributed by atoms with Crippen molar-refractivity contribution in [3.63, 3.8) is 0 Å². The van der Waals surface area contributed by atoms with E-state index in [1.165, 1.54) is 0 Å². The van der Waals surface area contributed by atoms with Gasteiger partial charge in [0.25, 0.3) is 0 Å². The average Bonchev–Trinajstić information content (AvgIpc) is 2.52. The standard InChI is InChI=1S/C7H14N4OS/c1-2-3-4-5-13(12)7-9-6(8)10-11-7/h2-5H2,1H3,(H3,8,9,10,11)/t13-/m0/s1. The van der Waals surface area contributed by atoms with E-state index >= 15 is 0 Å². The van der Waals surface area contributed by atoms with Gasteiger partial charge in [-0.05, 0) is 6.42 Å². The Labute approximate surface area is 79.6 Å². The van der Waals surface area contributed by atoms with Crippen LogP contribution in [0.3, 0.4) is 0 Å². The van der Waals surface area contributed by atoms with E-state index in [2.05, 4.69) is 22.1 Å². The Hall–Kier alpha value is -0.910. The lowest BCUT2D eigenvalue weighted by Crippen LogP contribution is -2.00. The Morgan fingerprint density at radius 1 is 1.54 bits per heavy atom. The summed E-state index contributed by atoms with van der Waals surface area (Å²) in [6.45, 7) is 2.11. The number of anilines is 1. The fourth-order valence-corrected chi connectivity index (χ4v) is 1.94. The van der Waals surface area contributed by atoms with Gasteiger partial charge in [-0.25, -0.2) is 0 Å². The smallest absolute Gasteiger partial charge is 0.240 e. The quantitative estimate of drug-likeness (QED) is 0.688. The molecule has 6 heteroatoms. The number of nitrogens with one attached hydrogen (secondary N) is 1. The topological polar surface area (TPSA) is 84.7 Å². The summed E-state index contributed by atoms with van der Waals surface area (Å²) in [4.78, 5) is 3.80. The highest BCUT2D eigenvalue weighted by Gasteiger charge is 2.07. The molecule has 1 aromatic rings. The molecule has 0 spiro atoms. The van der Waals surface area contributed by atoms with Gasteiger partial charge < -0.3 is 5.73 Å². The highest BCUT2D eigenvalue weighted by atomic mass is 32.2. The number of H-pyrrole nitrogens is 1. The van der Waals surface area contributed by atoms with Gasteiger partial charge in [0.1, 0.15) is 0 Å². The average molecular weight is 202 g/mol. The summed E-state index contributed by atoms with van der Waals surface area (Å²) >= 11 is 0. The van der Waals surface area contributed by atoms with Gasteiger partial charge in [-0.2, -0.15) is 4.98 Å². The van der Waals surface area contributed by atoms with Crippen molar-refractivity contribution in [1.29, 1.82) is 0 Å². The highest BCUT2D eigenvalue weighted by molar-refractivity contribution is 7.84. The second-order valence-corrected chi connectivity index (χ2v) is 4.24. The molecule has 0 radical (unpaired) electrons. The number of aromatic amines is 1. The molecule has 1 heterocycles. The molecular weight excluding hydrogens is 188 g/mol. The van der Waals surface area contributed by atoms with E-state index in [1.54, 1.807) is 0 Å². The van der Waals surface area contributed by atoms with Crippen molar-refractivity contribution in [2.24, 2.45) is 0 Å². The lowest BCUT2D eigenvalue weighted by molar-refractivity contribution is 0.669. The van der Waals surface area contributed by atoms with Crippen LogP contribution < -0.4 is 5.73 Å². The third kappa shape index (κ3) is 3.14. The minimum Gasteiger partial charge on any atom is -0.366 e. The Morgan fingerprint density at radius 3 is 2.85 bits per heavy atom. The number of hydrogen-bond acceptors (Lipinski definition) is 4. The van der Waals surface area contributed by atoms with Gasteiger partial charge in [0.2, 0.25) is 11.1 Å². The van der Waals surface area contributed by atoms with Crippen LogP contribution in [0.5, 0.6) is 0 Å². The molecule has 0 aliphatic heterocycles. The molecule has 0 amide bonds. The fourth-order valence-electron chi connectivity index (χ4n) is 0.941. The van der Waals surface area contributed by atoms with E-state index in [4.69, 9.17) is 5.73 Å². The van der Waals surface area contributed by atoms with Crippen LogP contribution in [-0.4, -0.2) is 25.1 Å². The van der Waals surface area contributed by atoms with E-state index in [-0.39, 0.29) is 5.95 Å². The zero-order chi connectivity index (χ0) is 9.68. The number of nitrogen functional groups attached to an aromatic ring is 1. The van der Waals surface area contributed by atoms with Gasteiger partial charge in [-0.15, -0.1) is 5.10 Å². The largest absolute Gasteiger partial charge is 0.366 e. The van der Waals surface area contributed by atoms with Crippen LogP contribution in [0.4, 0.5) is 5.95 Å². The third-order valence-electron chi connectivity index (χ3n) is 1.63. The van der Waals surface area contributed by atoms with Crippen molar-refractivity contribution in [1.82, 2.24) is 15.2 Å². The van der Waals surface area contributed by atoms with E-state index in [0.29, 0.717) is 10.9 Å². The second-order valence-electron chi connectivity index (χ2n) is 2.76. The minimum atomic E-state index is -1.07. The molecule has 74 valence electrons. The molecule has 0 aliphatic rings. The lowest BCUT2D eigenvalue weighted by Gasteiger charge is -1.95. The summed E-state index contributed by atoms with van der Waals surface area (Å²) in [7, 11) is -1.07. The zero-order valence-electron chi connectivity index (χ0n) is 7.62. The summed E-state index contributed by atoms with van der Waals surface area (Å²) in [5, 5.41) is 6.54. The van der Waals surface area contributed by atoms with Crippen LogP contribution in [0.25, 0.3) is 0 Å². The summed E-state index contributed by atoms with van der Waals surface area (Å²) in [5.41, 5.74) is 5.28. The predicted octanol–water partition coefficient (Wildman–Crippen LogP) is 0.685. The first-order valence-electron chi connectivity index (χ1n) is 4.30. The Kier molecular flexibility index (Phi) is 3.88. The van der Waals surface area contributed by atoms with Crippen molar-refractivity contribution in [2.45, 2.75) is 31.3 Å². The molecule has 0 aliphatic carbocycles. The van der Waals surface area contributed by atoms with Crippen LogP contribution in [0.2, 0.25) is 0 Å². The molecule has 0 unspecified atom stereocenters. The van der Waals surface area contributed by atoms with Gasteiger partial charge in [-0.3, -0.25) is 9.31 Å². The Bertz CT molecular complexity index is 286. The fraction of sp³-hybridized carbons (Fsp3) is 0.714. The van der Waals surface area contributed by atoms with Gasteiger partial charge in [0.15, 0.2) is 0 Å². The first kappa shape index (κ1) is 10.2. The molecule has 13 heavy (non-hydrogen) atoms. The number of rotatable bonds is 5. The SMILES string of the molecule is CCCCC[S@](=O)c1nc(N)n[nH]1. The first-order valence-corrected chi connectivity index (χ1v) is 5.62. The molecule has 3 N–H and O–H groups in total. The van der Waals surface area contributed by atoms with Crippen molar-refractivity contribution >= 4 is 16.7 Å². The van der Waals surface area contributed by atoms with Crippen molar-refractivity contribution in [3.8, 4) is 0 Å². The second kappa shape index (κ2) is 4.96. The molecule has 0 bridgehead atoms. The molecule has 0 saturated heterocycles. The maximum atomic E-state index is 11.5.